The van der Waals surface area contributed by atoms with Crippen LogP contribution in [0, 0.1) is 6.92 Å². The molecule has 0 aliphatic carbocycles. The molecule has 0 bridgehead atoms. The number of nitrogens with zero attached hydrogens (tertiary/aromatic N) is 2. The number of carbonyl (C=O) groups is 1. The molecule has 0 unspecified atom stereocenters. The molecule has 0 fully saturated rings. The molecule has 1 aromatic heterocycles. The fourth-order valence-corrected chi connectivity index (χ4v) is 3.24. The Morgan fingerprint density at radius 2 is 1.73 bits per heavy atom. The minimum Gasteiger partial charge on any atom is -0.489 e. The Hall–Kier alpha value is -3.90. The number of hydrogen-bond acceptors (Lipinski definition) is 4. The van der Waals surface area contributed by atoms with Crippen LogP contribution in [0.3, 0.4) is 0 Å². The maximum atomic E-state index is 12.5. The van der Waals surface area contributed by atoms with Crippen molar-refractivity contribution in [3.05, 3.63) is 106 Å². The first kappa shape index (κ1) is 22.3. The highest BCUT2D eigenvalue weighted by Gasteiger charge is 2.11. The third-order valence-electron chi connectivity index (χ3n) is 5.09. The summed E-state index contributed by atoms with van der Waals surface area (Å²) >= 11 is 5.91. The van der Waals surface area contributed by atoms with Crippen molar-refractivity contribution in [2.24, 2.45) is 5.10 Å². The molecule has 4 aromatic rings. The van der Waals surface area contributed by atoms with Gasteiger partial charge in [-0.15, -0.1) is 0 Å². The Bertz CT molecular complexity index is 1260. The van der Waals surface area contributed by atoms with Crippen LogP contribution in [0.25, 0.3) is 11.3 Å². The van der Waals surface area contributed by atoms with E-state index < -0.39 is 0 Å². The summed E-state index contributed by atoms with van der Waals surface area (Å²) in [5.74, 6) is 0.381. The Labute approximate surface area is 197 Å². The standard InChI is InChI=1S/C26H23ClN4O2/c1-17-3-7-20(8-4-17)18(2)28-31-26(32)25-15-24(29-30-25)21-9-13-23(14-10-21)33-16-19-5-11-22(27)12-6-19/h3-15H,16H2,1-2H3,(H,29,30)(H,31,32). The number of carbonyl (C=O) groups excluding carboxylic acids is 1. The third-order valence-corrected chi connectivity index (χ3v) is 5.34. The van der Waals surface area contributed by atoms with Gasteiger partial charge in [-0.1, -0.05) is 53.6 Å². The number of aromatic nitrogens is 2. The molecule has 0 saturated carbocycles. The van der Waals surface area contributed by atoms with Gasteiger partial charge in [0.1, 0.15) is 18.1 Å². The maximum absolute atomic E-state index is 12.5. The Balaban J connectivity index is 1.36. The molecular weight excluding hydrogens is 436 g/mol. The molecule has 1 heterocycles. The number of nitrogens with one attached hydrogen (secondary N) is 2. The van der Waals surface area contributed by atoms with Crippen LogP contribution in [0.15, 0.2) is 84.0 Å². The minimum atomic E-state index is -0.358. The number of rotatable bonds is 7. The topological polar surface area (TPSA) is 79.4 Å². The first-order chi connectivity index (χ1) is 16.0. The van der Waals surface area contributed by atoms with Gasteiger partial charge in [0.05, 0.1) is 11.4 Å². The number of aromatic amines is 1. The lowest BCUT2D eigenvalue weighted by Gasteiger charge is -2.07. The van der Waals surface area contributed by atoms with Crippen LogP contribution >= 0.6 is 11.6 Å². The Morgan fingerprint density at radius 3 is 2.42 bits per heavy atom. The Kier molecular flexibility index (Phi) is 6.86. The largest absolute Gasteiger partial charge is 0.489 e. The van der Waals surface area contributed by atoms with Crippen LogP contribution in [0.2, 0.25) is 5.02 Å². The summed E-state index contributed by atoms with van der Waals surface area (Å²) in [6.07, 6.45) is 0. The molecule has 166 valence electrons. The number of aryl methyl sites for hydroxylation is 1. The van der Waals surface area contributed by atoms with Crippen LogP contribution in [-0.2, 0) is 6.61 Å². The molecule has 0 saturated heterocycles. The van der Waals surface area contributed by atoms with Crippen molar-refractivity contribution in [2.75, 3.05) is 0 Å². The van der Waals surface area contributed by atoms with Gasteiger partial charge in [-0.25, -0.2) is 5.43 Å². The third kappa shape index (κ3) is 5.87. The first-order valence-electron chi connectivity index (χ1n) is 10.4. The summed E-state index contributed by atoms with van der Waals surface area (Å²) in [6, 6.07) is 24.7. The normalized spacial score (nSPS) is 11.3. The summed E-state index contributed by atoms with van der Waals surface area (Å²) in [5.41, 5.74) is 8.29. The van der Waals surface area contributed by atoms with Crippen molar-refractivity contribution in [1.82, 2.24) is 15.6 Å². The summed E-state index contributed by atoms with van der Waals surface area (Å²) in [5, 5.41) is 11.9. The molecule has 0 aliphatic rings. The van der Waals surface area contributed by atoms with E-state index in [1.807, 2.05) is 86.6 Å². The van der Waals surface area contributed by atoms with Gasteiger partial charge in [-0.05, 0) is 67.4 Å². The van der Waals surface area contributed by atoms with Gasteiger partial charge in [0, 0.05) is 10.6 Å². The van der Waals surface area contributed by atoms with E-state index in [1.54, 1.807) is 6.07 Å². The van der Waals surface area contributed by atoms with Gasteiger partial charge in [0.25, 0.3) is 5.91 Å². The second-order valence-corrected chi connectivity index (χ2v) is 8.05. The molecule has 0 aliphatic heterocycles. The van der Waals surface area contributed by atoms with Gasteiger partial charge in [0.2, 0.25) is 0 Å². The van der Waals surface area contributed by atoms with Crippen molar-refractivity contribution < 1.29 is 9.53 Å². The monoisotopic (exact) mass is 458 g/mol. The molecule has 2 N–H and O–H groups in total. The van der Waals surface area contributed by atoms with Crippen LogP contribution in [0.1, 0.15) is 34.1 Å². The van der Waals surface area contributed by atoms with E-state index in [9.17, 15) is 4.79 Å². The molecule has 7 heteroatoms. The van der Waals surface area contributed by atoms with Crippen LogP contribution in [0.5, 0.6) is 5.75 Å². The average Bonchev–Trinajstić information content (AvgIpc) is 3.33. The molecular formula is C26H23ClN4O2. The molecule has 3 aromatic carbocycles. The SMILES string of the molecule is CC(=NNC(=O)c1cc(-c2ccc(OCc3ccc(Cl)cc3)cc2)n[nH]1)c1ccc(C)cc1. The van der Waals surface area contributed by atoms with E-state index in [2.05, 4.69) is 20.7 Å². The van der Waals surface area contributed by atoms with Crippen molar-refractivity contribution in [3.63, 3.8) is 0 Å². The lowest BCUT2D eigenvalue weighted by atomic mass is 10.1. The highest BCUT2D eigenvalue weighted by Crippen LogP contribution is 2.22. The highest BCUT2D eigenvalue weighted by atomic mass is 35.5. The predicted octanol–water partition coefficient (Wildman–Crippen LogP) is 5.77. The molecule has 1 amide bonds. The van der Waals surface area contributed by atoms with Gasteiger partial charge < -0.3 is 4.74 Å². The van der Waals surface area contributed by atoms with E-state index in [0.29, 0.717) is 23.0 Å². The van der Waals surface area contributed by atoms with E-state index in [0.717, 1.165) is 28.2 Å². The fraction of sp³-hybridized carbons (Fsp3) is 0.115. The molecule has 0 spiro atoms. The van der Waals surface area contributed by atoms with Crippen LogP contribution in [-0.4, -0.2) is 21.8 Å². The number of hydrogen-bond donors (Lipinski definition) is 2. The van der Waals surface area contributed by atoms with E-state index in [4.69, 9.17) is 16.3 Å². The van der Waals surface area contributed by atoms with Crippen molar-refractivity contribution in [3.8, 4) is 17.0 Å². The maximum Gasteiger partial charge on any atom is 0.289 e. The lowest BCUT2D eigenvalue weighted by molar-refractivity contribution is 0.0950. The van der Waals surface area contributed by atoms with Gasteiger partial charge in [-0.3, -0.25) is 9.89 Å². The van der Waals surface area contributed by atoms with Crippen molar-refractivity contribution in [2.45, 2.75) is 20.5 Å². The average molecular weight is 459 g/mol. The number of H-pyrrole nitrogens is 1. The molecule has 4 rings (SSSR count). The number of benzene rings is 3. The fourth-order valence-electron chi connectivity index (χ4n) is 3.11. The number of amides is 1. The van der Waals surface area contributed by atoms with Crippen LogP contribution in [0.4, 0.5) is 0 Å². The zero-order valence-electron chi connectivity index (χ0n) is 18.3. The second-order valence-electron chi connectivity index (χ2n) is 7.61. The minimum absolute atomic E-state index is 0.327. The van der Waals surface area contributed by atoms with Gasteiger partial charge in [-0.2, -0.15) is 10.2 Å². The van der Waals surface area contributed by atoms with Gasteiger partial charge >= 0.3 is 0 Å². The predicted molar refractivity (Wildman–Crippen MR) is 131 cm³/mol. The zero-order chi connectivity index (χ0) is 23.2. The van der Waals surface area contributed by atoms with Crippen molar-refractivity contribution in [1.29, 1.82) is 0 Å². The quantitative estimate of drug-likeness (QED) is 0.272. The first-order valence-corrected chi connectivity index (χ1v) is 10.8. The number of hydrazone groups is 1. The van der Waals surface area contributed by atoms with E-state index in [1.165, 1.54) is 5.56 Å². The summed E-state index contributed by atoms with van der Waals surface area (Å²) in [4.78, 5) is 12.5. The summed E-state index contributed by atoms with van der Waals surface area (Å²) < 4.78 is 5.81. The molecule has 0 radical (unpaired) electrons. The Morgan fingerprint density at radius 1 is 1.03 bits per heavy atom. The smallest absolute Gasteiger partial charge is 0.289 e. The number of halogens is 1. The summed E-state index contributed by atoms with van der Waals surface area (Å²) in [6.45, 7) is 4.32. The zero-order valence-corrected chi connectivity index (χ0v) is 19.1. The number of ether oxygens (including phenoxy) is 1. The molecule has 33 heavy (non-hydrogen) atoms. The highest BCUT2D eigenvalue weighted by molar-refractivity contribution is 6.30. The molecule has 0 atom stereocenters. The van der Waals surface area contributed by atoms with E-state index in [-0.39, 0.29) is 5.91 Å². The van der Waals surface area contributed by atoms with E-state index >= 15 is 0 Å². The van der Waals surface area contributed by atoms with Crippen molar-refractivity contribution >= 4 is 23.2 Å². The van der Waals surface area contributed by atoms with Crippen LogP contribution < -0.4 is 10.2 Å². The molecule has 6 nitrogen and oxygen atoms in total. The lowest BCUT2D eigenvalue weighted by Crippen LogP contribution is -2.19. The van der Waals surface area contributed by atoms with Gasteiger partial charge in [0.15, 0.2) is 0 Å². The summed E-state index contributed by atoms with van der Waals surface area (Å²) in [7, 11) is 0. The second kappa shape index (κ2) is 10.1.